The summed E-state index contributed by atoms with van der Waals surface area (Å²) in [5, 5.41) is 12.6. The Balaban J connectivity index is 2.07. The zero-order valence-electron chi connectivity index (χ0n) is 12.6. The minimum absolute atomic E-state index is 0.0762. The lowest BCUT2D eigenvalue weighted by molar-refractivity contribution is -0.166. The SMILES string of the molecule is CCCCCN[C@@]1(C)C(=O)N2[C@@H](C(=O)O)C(C)(C)S[C@@H]21. The van der Waals surface area contributed by atoms with E-state index >= 15 is 0 Å². The van der Waals surface area contributed by atoms with Gasteiger partial charge in [0, 0.05) is 4.75 Å². The molecular weight excluding hydrogens is 276 g/mol. The molecule has 2 fully saturated rings. The van der Waals surface area contributed by atoms with Gasteiger partial charge in [0.1, 0.15) is 17.0 Å². The van der Waals surface area contributed by atoms with Crippen LogP contribution in [0.25, 0.3) is 0 Å². The molecule has 0 unspecified atom stereocenters. The number of nitrogens with zero attached hydrogens (tertiary/aromatic N) is 1. The molecule has 0 aromatic rings. The van der Waals surface area contributed by atoms with E-state index in [4.69, 9.17) is 0 Å². The second-order valence-electron chi connectivity index (χ2n) is 6.36. The molecule has 2 aliphatic rings. The van der Waals surface area contributed by atoms with Gasteiger partial charge in [0.2, 0.25) is 5.91 Å². The number of hydrogen-bond donors (Lipinski definition) is 2. The molecule has 5 nitrogen and oxygen atoms in total. The van der Waals surface area contributed by atoms with Gasteiger partial charge >= 0.3 is 5.97 Å². The lowest BCUT2D eigenvalue weighted by Crippen LogP contribution is -2.77. The van der Waals surface area contributed by atoms with Crippen LogP contribution < -0.4 is 5.32 Å². The van der Waals surface area contributed by atoms with E-state index in [0.717, 1.165) is 25.8 Å². The van der Waals surface area contributed by atoms with E-state index in [1.165, 1.54) is 0 Å². The van der Waals surface area contributed by atoms with Gasteiger partial charge in [0.15, 0.2) is 0 Å². The Hall–Kier alpha value is -0.750. The first kappa shape index (κ1) is 15.6. The third kappa shape index (κ3) is 2.22. The Morgan fingerprint density at radius 1 is 1.40 bits per heavy atom. The number of carboxylic acid groups (broad SMARTS) is 1. The second kappa shape index (κ2) is 5.22. The van der Waals surface area contributed by atoms with E-state index in [1.54, 1.807) is 16.7 Å². The molecule has 0 saturated carbocycles. The first-order valence-corrected chi connectivity index (χ1v) is 8.12. The van der Waals surface area contributed by atoms with Gasteiger partial charge in [-0.1, -0.05) is 19.8 Å². The highest BCUT2D eigenvalue weighted by molar-refractivity contribution is 8.01. The van der Waals surface area contributed by atoms with E-state index in [-0.39, 0.29) is 11.3 Å². The van der Waals surface area contributed by atoms with Gasteiger partial charge in [0.25, 0.3) is 0 Å². The summed E-state index contributed by atoms with van der Waals surface area (Å²) in [5.41, 5.74) is -0.611. The average molecular weight is 300 g/mol. The van der Waals surface area contributed by atoms with Crippen molar-refractivity contribution < 1.29 is 14.7 Å². The van der Waals surface area contributed by atoms with E-state index in [9.17, 15) is 14.7 Å². The number of nitrogens with one attached hydrogen (secondary N) is 1. The van der Waals surface area contributed by atoms with Crippen LogP contribution >= 0.6 is 11.8 Å². The molecule has 2 heterocycles. The molecule has 2 aliphatic heterocycles. The Bertz CT molecular complexity index is 427. The molecule has 6 heteroatoms. The van der Waals surface area contributed by atoms with E-state index < -0.39 is 22.3 Å². The summed E-state index contributed by atoms with van der Waals surface area (Å²) in [6, 6.07) is -0.726. The number of aliphatic carboxylic acids is 1. The van der Waals surface area contributed by atoms with Crippen LogP contribution in [0.3, 0.4) is 0 Å². The van der Waals surface area contributed by atoms with Crippen molar-refractivity contribution in [1.29, 1.82) is 0 Å². The molecule has 2 rings (SSSR count). The van der Waals surface area contributed by atoms with Crippen molar-refractivity contribution in [2.45, 2.75) is 68.7 Å². The maximum Gasteiger partial charge on any atom is 0.327 e. The summed E-state index contributed by atoms with van der Waals surface area (Å²) in [5.74, 6) is -0.990. The molecule has 0 aromatic carbocycles. The Kier molecular flexibility index (Phi) is 4.08. The predicted molar refractivity (Wildman–Crippen MR) is 79.7 cm³/mol. The number of β-lactam (4-membered cyclic amide) rings is 1. The minimum atomic E-state index is -0.911. The van der Waals surface area contributed by atoms with Gasteiger partial charge in [-0.2, -0.15) is 0 Å². The Morgan fingerprint density at radius 3 is 2.60 bits per heavy atom. The van der Waals surface area contributed by atoms with Crippen LogP contribution in [-0.4, -0.2) is 50.1 Å². The van der Waals surface area contributed by atoms with E-state index in [2.05, 4.69) is 12.2 Å². The van der Waals surface area contributed by atoms with E-state index in [0.29, 0.717) is 0 Å². The summed E-state index contributed by atoms with van der Waals surface area (Å²) < 4.78 is -0.449. The van der Waals surface area contributed by atoms with Crippen LogP contribution in [0, 0.1) is 0 Å². The smallest absolute Gasteiger partial charge is 0.327 e. The summed E-state index contributed by atoms with van der Waals surface area (Å²) in [7, 11) is 0. The fourth-order valence-electron chi connectivity index (χ4n) is 3.11. The number of carboxylic acids is 1. The van der Waals surface area contributed by atoms with Crippen LogP contribution in [-0.2, 0) is 9.59 Å². The normalized spacial score (nSPS) is 34.8. The van der Waals surface area contributed by atoms with E-state index in [1.807, 2.05) is 20.8 Å². The number of rotatable bonds is 6. The van der Waals surface area contributed by atoms with Gasteiger partial charge in [-0.3, -0.25) is 4.79 Å². The van der Waals surface area contributed by atoms with Gasteiger partial charge < -0.3 is 15.3 Å². The molecule has 0 spiro atoms. The standard InChI is InChI=1S/C14H24N2O3S/c1-5-6-7-8-15-14(4)11(19)16-9(10(17)18)13(2,3)20-12(14)16/h9,12,15H,5-8H2,1-4H3,(H,17,18)/t9-,12+,14-/m0/s1. The molecule has 20 heavy (non-hydrogen) atoms. The fraction of sp³-hybridized carbons (Fsp3) is 0.857. The van der Waals surface area contributed by atoms with Crippen LogP contribution in [0.2, 0.25) is 0 Å². The minimum Gasteiger partial charge on any atom is -0.480 e. The summed E-state index contributed by atoms with van der Waals surface area (Å²) in [4.78, 5) is 25.4. The summed E-state index contributed by atoms with van der Waals surface area (Å²) in [6.45, 7) is 8.65. The number of amides is 1. The van der Waals surface area contributed by atoms with Gasteiger partial charge in [0.05, 0.1) is 0 Å². The van der Waals surface area contributed by atoms with Crippen molar-refractivity contribution in [2.24, 2.45) is 0 Å². The lowest BCUT2D eigenvalue weighted by atomic mass is 9.86. The lowest BCUT2D eigenvalue weighted by Gasteiger charge is -2.51. The molecular formula is C14H24N2O3S. The summed E-state index contributed by atoms with van der Waals surface area (Å²) >= 11 is 1.59. The second-order valence-corrected chi connectivity index (χ2v) is 8.10. The fourth-order valence-corrected chi connectivity index (χ4v) is 4.78. The maximum atomic E-state index is 12.4. The number of unbranched alkanes of at least 4 members (excludes halogenated alkanes) is 2. The Morgan fingerprint density at radius 2 is 2.05 bits per heavy atom. The highest BCUT2D eigenvalue weighted by Gasteiger charge is 2.69. The quantitative estimate of drug-likeness (QED) is 0.577. The Labute approximate surface area is 124 Å². The van der Waals surface area contributed by atoms with Crippen LogP contribution in [0.5, 0.6) is 0 Å². The van der Waals surface area contributed by atoms with Crippen molar-refractivity contribution in [1.82, 2.24) is 10.2 Å². The first-order valence-electron chi connectivity index (χ1n) is 7.24. The van der Waals surface area contributed by atoms with Crippen LogP contribution in [0.4, 0.5) is 0 Å². The molecule has 1 amide bonds. The topological polar surface area (TPSA) is 69.6 Å². The maximum absolute atomic E-state index is 12.4. The molecule has 0 aliphatic carbocycles. The van der Waals surface area contributed by atoms with Crippen molar-refractivity contribution in [2.75, 3.05) is 6.54 Å². The van der Waals surface area contributed by atoms with Gasteiger partial charge in [-0.15, -0.1) is 11.8 Å². The number of carbonyl (C=O) groups excluding carboxylic acids is 1. The number of hydrogen-bond acceptors (Lipinski definition) is 4. The predicted octanol–water partition coefficient (Wildman–Crippen LogP) is 1.67. The molecule has 2 N–H and O–H groups in total. The van der Waals surface area contributed by atoms with Gasteiger partial charge in [-0.25, -0.2) is 4.79 Å². The third-order valence-corrected chi connectivity index (χ3v) is 6.04. The number of carbonyl (C=O) groups is 2. The summed E-state index contributed by atoms with van der Waals surface area (Å²) in [6.07, 6.45) is 3.33. The molecule has 0 bridgehead atoms. The third-order valence-electron chi connectivity index (χ3n) is 4.28. The number of fused-ring (bicyclic) bond motifs is 1. The highest BCUT2D eigenvalue weighted by atomic mass is 32.2. The molecule has 2 saturated heterocycles. The van der Waals surface area contributed by atoms with Crippen molar-refractivity contribution in [3.8, 4) is 0 Å². The largest absolute Gasteiger partial charge is 0.480 e. The van der Waals surface area contributed by atoms with Crippen molar-refractivity contribution >= 4 is 23.6 Å². The van der Waals surface area contributed by atoms with Gasteiger partial charge in [-0.05, 0) is 33.7 Å². The van der Waals surface area contributed by atoms with Crippen LogP contribution in [0.15, 0.2) is 0 Å². The average Bonchev–Trinajstić information content (AvgIpc) is 2.64. The van der Waals surface area contributed by atoms with Crippen LogP contribution in [0.1, 0.15) is 47.0 Å². The van der Waals surface area contributed by atoms with Crippen molar-refractivity contribution in [3.05, 3.63) is 0 Å². The first-order chi connectivity index (χ1) is 9.25. The zero-order valence-corrected chi connectivity index (χ0v) is 13.4. The number of thioether (sulfide) groups is 1. The monoisotopic (exact) mass is 300 g/mol. The van der Waals surface area contributed by atoms with Crippen molar-refractivity contribution in [3.63, 3.8) is 0 Å². The molecule has 114 valence electrons. The molecule has 0 aromatic heterocycles. The molecule has 0 radical (unpaired) electrons. The zero-order chi connectivity index (χ0) is 15.1. The molecule has 3 atom stereocenters. The highest BCUT2D eigenvalue weighted by Crippen LogP contribution is 2.54.